The van der Waals surface area contributed by atoms with Gasteiger partial charge in [-0.1, -0.05) is 46.3 Å². The van der Waals surface area contributed by atoms with Crippen LogP contribution < -0.4 is 5.32 Å². The van der Waals surface area contributed by atoms with Crippen molar-refractivity contribution in [2.75, 3.05) is 19.4 Å². The third-order valence-electron chi connectivity index (χ3n) is 3.19. The van der Waals surface area contributed by atoms with Gasteiger partial charge in [-0.25, -0.2) is 0 Å². The molecule has 2 aromatic carbocycles. The van der Waals surface area contributed by atoms with Gasteiger partial charge in [0.05, 0.1) is 0 Å². The summed E-state index contributed by atoms with van der Waals surface area (Å²) >= 11 is 3.45. The zero-order valence-electron chi connectivity index (χ0n) is 12.4. The topological polar surface area (TPSA) is 32.3 Å². The molecule has 0 aromatic heterocycles. The van der Waals surface area contributed by atoms with Crippen molar-refractivity contribution in [2.45, 2.75) is 13.0 Å². The summed E-state index contributed by atoms with van der Waals surface area (Å²) in [5.41, 5.74) is 2.88. The molecule has 0 bridgehead atoms. The molecule has 1 amide bonds. The van der Waals surface area contributed by atoms with E-state index >= 15 is 0 Å². The van der Waals surface area contributed by atoms with E-state index in [1.807, 2.05) is 74.4 Å². The molecule has 2 aromatic rings. The lowest BCUT2D eigenvalue weighted by Crippen LogP contribution is -2.32. The summed E-state index contributed by atoms with van der Waals surface area (Å²) in [5.74, 6) is -0.0382. The maximum atomic E-state index is 12.6. The number of anilines is 1. The predicted molar refractivity (Wildman–Crippen MR) is 90.4 cm³/mol. The second kappa shape index (κ2) is 6.87. The number of amides is 1. The van der Waals surface area contributed by atoms with E-state index in [1.165, 1.54) is 0 Å². The summed E-state index contributed by atoms with van der Waals surface area (Å²) in [5, 5.41) is 2.99. The fraction of sp³-hybridized carbons (Fsp3) is 0.235. The van der Waals surface area contributed by atoms with Crippen LogP contribution in [0, 0.1) is 6.92 Å². The molecule has 0 heterocycles. The van der Waals surface area contributed by atoms with Gasteiger partial charge in [-0.3, -0.25) is 9.69 Å². The lowest BCUT2D eigenvalue weighted by Gasteiger charge is -2.24. The number of hydrogen-bond donors (Lipinski definition) is 1. The van der Waals surface area contributed by atoms with Gasteiger partial charge in [0, 0.05) is 10.2 Å². The molecule has 0 aliphatic rings. The van der Waals surface area contributed by atoms with Crippen LogP contribution in [0.2, 0.25) is 0 Å². The van der Waals surface area contributed by atoms with Crippen LogP contribution in [0.3, 0.4) is 0 Å². The normalized spacial score (nSPS) is 12.2. The second-order valence-electron chi connectivity index (χ2n) is 5.28. The fourth-order valence-corrected chi connectivity index (χ4v) is 2.95. The van der Waals surface area contributed by atoms with E-state index in [9.17, 15) is 4.79 Å². The molecule has 1 N–H and O–H groups in total. The minimum atomic E-state index is -0.314. The third-order valence-corrected chi connectivity index (χ3v) is 3.65. The SMILES string of the molecule is Cc1cc(Br)cc(NC(=O)C(c2ccccc2)N(C)C)c1. The molecule has 3 nitrogen and oxygen atoms in total. The zero-order valence-corrected chi connectivity index (χ0v) is 14.0. The highest BCUT2D eigenvalue weighted by Crippen LogP contribution is 2.23. The molecular formula is C17H19BrN2O. The van der Waals surface area contributed by atoms with Crippen LogP contribution in [0.15, 0.2) is 53.0 Å². The molecule has 0 saturated carbocycles. The Kier molecular flexibility index (Phi) is 5.15. The van der Waals surface area contributed by atoms with E-state index in [0.717, 1.165) is 21.3 Å². The zero-order chi connectivity index (χ0) is 15.4. The van der Waals surface area contributed by atoms with Crippen LogP contribution in [0.1, 0.15) is 17.2 Å². The van der Waals surface area contributed by atoms with Crippen LogP contribution in [0.4, 0.5) is 5.69 Å². The van der Waals surface area contributed by atoms with Crippen molar-refractivity contribution in [2.24, 2.45) is 0 Å². The number of carbonyl (C=O) groups excluding carboxylic acids is 1. The summed E-state index contributed by atoms with van der Waals surface area (Å²) in [6.07, 6.45) is 0. The van der Waals surface area contributed by atoms with Gasteiger partial charge in [-0.15, -0.1) is 0 Å². The average molecular weight is 347 g/mol. The van der Waals surface area contributed by atoms with Crippen LogP contribution in [0.5, 0.6) is 0 Å². The predicted octanol–water partition coefficient (Wildman–Crippen LogP) is 4.00. The third kappa shape index (κ3) is 4.16. The maximum absolute atomic E-state index is 12.6. The largest absolute Gasteiger partial charge is 0.324 e. The highest BCUT2D eigenvalue weighted by molar-refractivity contribution is 9.10. The summed E-state index contributed by atoms with van der Waals surface area (Å²) in [4.78, 5) is 14.5. The molecule has 1 unspecified atom stereocenters. The van der Waals surface area contributed by atoms with E-state index < -0.39 is 0 Å². The van der Waals surface area contributed by atoms with E-state index in [0.29, 0.717) is 0 Å². The van der Waals surface area contributed by atoms with Gasteiger partial charge in [-0.05, 0) is 50.3 Å². The van der Waals surface area contributed by atoms with Gasteiger partial charge < -0.3 is 5.32 Å². The molecule has 0 aliphatic heterocycles. The first-order valence-electron chi connectivity index (χ1n) is 6.77. The molecule has 1 atom stereocenters. The van der Waals surface area contributed by atoms with Crippen LogP contribution in [-0.4, -0.2) is 24.9 Å². The molecule has 21 heavy (non-hydrogen) atoms. The van der Waals surface area contributed by atoms with Crippen LogP contribution in [0.25, 0.3) is 0 Å². The summed E-state index contributed by atoms with van der Waals surface area (Å²) in [6.45, 7) is 2.00. The van der Waals surface area contributed by atoms with Gasteiger partial charge in [0.15, 0.2) is 0 Å². The molecule has 0 spiro atoms. The molecular weight excluding hydrogens is 328 g/mol. The molecule has 110 valence electrons. The number of carbonyl (C=O) groups is 1. The molecule has 0 aliphatic carbocycles. The second-order valence-corrected chi connectivity index (χ2v) is 6.20. The number of aryl methyl sites for hydroxylation is 1. The van der Waals surface area contributed by atoms with Gasteiger partial charge in [-0.2, -0.15) is 0 Å². The first-order valence-corrected chi connectivity index (χ1v) is 7.56. The Labute approximate surface area is 134 Å². The highest BCUT2D eigenvalue weighted by atomic mass is 79.9. The summed E-state index contributed by atoms with van der Waals surface area (Å²) < 4.78 is 0.957. The smallest absolute Gasteiger partial charge is 0.246 e. The number of likely N-dealkylation sites (N-methyl/N-ethyl adjacent to an activating group) is 1. The molecule has 2 rings (SSSR count). The van der Waals surface area contributed by atoms with Gasteiger partial charge in [0.1, 0.15) is 6.04 Å². The number of benzene rings is 2. The average Bonchev–Trinajstić information content (AvgIpc) is 2.38. The van der Waals surface area contributed by atoms with Crippen molar-refractivity contribution in [3.05, 3.63) is 64.1 Å². The standard InChI is InChI=1S/C17H19BrN2O/c1-12-9-14(18)11-15(10-12)19-17(21)16(20(2)3)13-7-5-4-6-8-13/h4-11,16H,1-3H3,(H,19,21). The van der Waals surface area contributed by atoms with Crippen molar-refractivity contribution < 1.29 is 4.79 Å². The molecule has 0 fully saturated rings. The minimum Gasteiger partial charge on any atom is -0.324 e. The van der Waals surface area contributed by atoms with Crippen molar-refractivity contribution >= 4 is 27.5 Å². The minimum absolute atomic E-state index is 0.0382. The lowest BCUT2D eigenvalue weighted by molar-refractivity contribution is -0.120. The van der Waals surface area contributed by atoms with E-state index in [2.05, 4.69) is 21.2 Å². The Balaban J connectivity index is 2.24. The maximum Gasteiger partial charge on any atom is 0.246 e. The van der Waals surface area contributed by atoms with Gasteiger partial charge in [0.25, 0.3) is 0 Å². The first-order chi connectivity index (χ1) is 9.97. The van der Waals surface area contributed by atoms with Crippen molar-refractivity contribution in [1.82, 2.24) is 4.90 Å². The van der Waals surface area contributed by atoms with Crippen LogP contribution >= 0.6 is 15.9 Å². The van der Waals surface area contributed by atoms with E-state index in [4.69, 9.17) is 0 Å². The van der Waals surface area contributed by atoms with Crippen molar-refractivity contribution in [1.29, 1.82) is 0 Å². The van der Waals surface area contributed by atoms with Crippen molar-refractivity contribution in [3.8, 4) is 0 Å². The molecule has 4 heteroatoms. The Hall–Kier alpha value is -1.65. The monoisotopic (exact) mass is 346 g/mol. The van der Waals surface area contributed by atoms with E-state index in [-0.39, 0.29) is 11.9 Å². The summed E-state index contributed by atoms with van der Waals surface area (Å²) in [7, 11) is 3.81. The number of halogens is 1. The van der Waals surface area contributed by atoms with Crippen LogP contribution in [-0.2, 0) is 4.79 Å². The van der Waals surface area contributed by atoms with Crippen molar-refractivity contribution in [3.63, 3.8) is 0 Å². The number of nitrogens with one attached hydrogen (secondary N) is 1. The number of rotatable bonds is 4. The summed E-state index contributed by atoms with van der Waals surface area (Å²) in [6, 6.07) is 15.3. The number of hydrogen-bond acceptors (Lipinski definition) is 2. The highest BCUT2D eigenvalue weighted by Gasteiger charge is 2.22. The molecule has 0 saturated heterocycles. The molecule has 0 radical (unpaired) electrons. The lowest BCUT2D eigenvalue weighted by atomic mass is 10.1. The quantitative estimate of drug-likeness (QED) is 0.907. The fourth-order valence-electron chi connectivity index (χ4n) is 2.34. The van der Waals surface area contributed by atoms with Gasteiger partial charge in [0.2, 0.25) is 5.91 Å². The Morgan fingerprint density at radius 3 is 2.38 bits per heavy atom. The van der Waals surface area contributed by atoms with Gasteiger partial charge >= 0.3 is 0 Å². The number of nitrogens with zero attached hydrogens (tertiary/aromatic N) is 1. The van der Waals surface area contributed by atoms with E-state index in [1.54, 1.807) is 0 Å². The Morgan fingerprint density at radius 2 is 1.81 bits per heavy atom. The Morgan fingerprint density at radius 1 is 1.14 bits per heavy atom. The first kappa shape index (κ1) is 15.7. The Bertz CT molecular complexity index is 606.